The molecule has 2 rings (SSSR count). The summed E-state index contributed by atoms with van der Waals surface area (Å²) in [5, 5.41) is 0.0906. The van der Waals surface area contributed by atoms with Crippen molar-refractivity contribution >= 4 is 33.3 Å². The van der Waals surface area contributed by atoms with Crippen molar-refractivity contribution in [3.8, 4) is 11.5 Å². The molecule has 7 nitrogen and oxygen atoms in total. The number of rotatable bonds is 6. The van der Waals surface area contributed by atoms with Crippen molar-refractivity contribution in [2.24, 2.45) is 0 Å². The summed E-state index contributed by atoms with van der Waals surface area (Å²) in [7, 11) is 0.0909. The molecule has 0 aliphatic carbocycles. The molecule has 0 aliphatic heterocycles. The Kier molecular flexibility index (Phi) is 5.76. The Morgan fingerprint density at radius 2 is 1.76 bits per heavy atom. The summed E-state index contributed by atoms with van der Waals surface area (Å²) in [6.07, 6.45) is 0. The van der Waals surface area contributed by atoms with Gasteiger partial charge >= 0.3 is 5.97 Å². The smallest absolute Gasteiger partial charge is 0.339 e. The van der Waals surface area contributed by atoms with Gasteiger partial charge in [-0.3, -0.25) is 4.72 Å². The van der Waals surface area contributed by atoms with Gasteiger partial charge in [0.25, 0.3) is 10.0 Å². The van der Waals surface area contributed by atoms with E-state index in [-0.39, 0.29) is 26.9 Å². The number of hydrogen-bond acceptors (Lipinski definition) is 6. The van der Waals surface area contributed by atoms with Crippen LogP contribution in [0.2, 0.25) is 5.02 Å². The van der Waals surface area contributed by atoms with Crippen LogP contribution in [0.25, 0.3) is 0 Å². The van der Waals surface area contributed by atoms with E-state index in [0.29, 0.717) is 5.75 Å². The number of ether oxygens (including phenoxy) is 3. The zero-order valence-electron chi connectivity index (χ0n) is 13.7. The lowest BCUT2D eigenvalue weighted by Gasteiger charge is -2.13. The van der Waals surface area contributed by atoms with E-state index in [4.69, 9.17) is 21.1 Å². The summed E-state index contributed by atoms with van der Waals surface area (Å²) in [5.41, 5.74) is 0.173. The second-order valence-electron chi connectivity index (χ2n) is 4.80. The quantitative estimate of drug-likeness (QED) is 0.769. The predicted molar refractivity (Wildman–Crippen MR) is 93.1 cm³/mol. The van der Waals surface area contributed by atoms with Crippen molar-refractivity contribution in [1.82, 2.24) is 0 Å². The van der Waals surface area contributed by atoms with Crippen molar-refractivity contribution in [2.45, 2.75) is 4.90 Å². The number of methoxy groups -OCH3 is 3. The summed E-state index contributed by atoms with van der Waals surface area (Å²) in [6, 6.07) is 8.38. The Bertz CT molecular complexity index is 897. The lowest BCUT2D eigenvalue weighted by atomic mass is 10.2. The second kappa shape index (κ2) is 7.62. The summed E-state index contributed by atoms with van der Waals surface area (Å²) >= 11 is 5.91. The first-order chi connectivity index (χ1) is 11.8. The zero-order chi connectivity index (χ0) is 18.6. The van der Waals surface area contributed by atoms with Gasteiger partial charge in [0.2, 0.25) is 0 Å². The maximum atomic E-state index is 12.6. The van der Waals surface area contributed by atoms with Crippen molar-refractivity contribution in [2.75, 3.05) is 26.1 Å². The van der Waals surface area contributed by atoms with Crippen molar-refractivity contribution in [3.05, 3.63) is 47.0 Å². The minimum atomic E-state index is -3.98. The average Bonchev–Trinajstić information content (AvgIpc) is 2.61. The van der Waals surface area contributed by atoms with E-state index in [9.17, 15) is 13.2 Å². The Morgan fingerprint density at radius 3 is 2.36 bits per heavy atom. The highest BCUT2D eigenvalue weighted by molar-refractivity contribution is 7.92. The minimum Gasteiger partial charge on any atom is -0.497 e. The molecule has 0 aliphatic rings. The molecular weight excluding hydrogens is 370 g/mol. The molecule has 0 radical (unpaired) electrons. The molecule has 0 aromatic heterocycles. The minimum absolute atomic E-state index is 0.0475. The van der Waals surface area contributed by atoms with E-state index in [1.54, 1.807) is 12.1 Å². The molecule has 134 valence electrons. The highest BCUT2D eigenvalue weighted by Gasteiger charge is 2.20. The normalized spacial score (nSPS) is 10.9. The Balaban J connectivity index is 2.42. The molecule has 0 amide bonds. The first-order valence-corrected chi connectivity index (χ1v) is 8.81. The first kappa shape index (κ1) is 18.9. The maximum absolute atomic E-state index is 12.6. The summed E-state index contributed by atoms with van der Waals surface area (Å²) in [5.74, 6) is 0.0634. The van der Waals surface area contributed by atoms with E-state index in [1.807, 2.05) is 0 Å². The molecule has 25 heavy (non-hydrogen) atoms. The van der Waals surface area contributed by atoms with Crippen LogP contribution >= 0.6 is 11.6 Å². The third-order valence-corrected chi connectivity index (χ3v) is 5.00. The molecule has 1 N–H and O–H groups in total. The van der Waals surface area contributed by atoms with Crippen molar-refractivity contribution in [3.63, 3.8) is 0 Å². The van der Waals surface area contributed by atoms with Gasteiger partial charge in [-0.1, -0.05) is 11.6 Å². The fraction of sp³-hybridized carbons (Fsp3) is 0.188. The number of esters is 1. The predicted octanol–water partition coefficient (Wildman–Crippen LogP) is 2.94. The molecule has 0 unspecified atom stereocenters. The third kappa shape index (κ3) is 4.15. The van der Waals surface area contributed by atoms with Gasteiger partial charge in [-0.15, -0.1) is 0 Å². The summed E-state index contributed by atoms with van der Waals surface area (Å²) < 4.78 is 42.4. The van der Waals surface area contributed by atoms with Crippen LogP contribution in [-0.4, -0.2) is 35.7 Å². The zero-order valence-corrected chi connectivity index (χ0v) is 15.3. The van der Waals surface area contributed by atoms with E-state index < -0.39 is 16.0 Å². The molecule has 9 heteroatoms. The van der Waals surface area contributed by atoms with Crippen LogP contribution in [0.5, 0.6) is 11.5 Å². The maximum Gasteiger partial charge on any atom is 0.339 e. The molecule has 0 spiro atoms. The fourth-order valence-corrected chi connectivity index (χ4v) is 3.32. The van der Waals surface area contributed by atoms with Gasteiger partial charge in [0.1, 0.15) is 11.5 Å². The van der Waals surface area contributed by atoms with E-state index in [2.05, 4.69) is 9.46 Å². The number of anilines is 1. The number of carbonyl (C=O) groups excluding carboxylic acids is 1. The highest BCUT2D eigenvalue weighted by Crippen LogP contribution is 2.31. The lowest BCUT2D eigenvalue weighted by molar-refractivity contribution is 0.0600. The molecule has 0 saturated heterocycles. The number of halogens is 1. The monoisotopic (exact) mass is 385 g/mol. The number of benzene rings is 2. The molecule has 2 aromatic rings. The van der Waals surface area contributed by atoms with Crippen LogP contribution < -0.4 is 14.2 Å². The highest BCUT2D eigenvalue weighted by atomic mass is 35.5. The molecule has 0 fully saturated rings. The van der Waals surface area contributed by atoms with Crippen LogP contribution in [0.15, 0.2) is 41.3 Å². The first-order valence-electron chi connectivity index (χ1n) is 6.95. The second-order valence-corrected chi connectivity index (χ2v) is 6.89. The van der Waals surface area contributed by atoms with Crippen LogP contribution in [0.1, 0.15) is 10.4 Å². The summed E-state index contributed by atoms with van der Waals surface area (Å²) in [6.45, 7) is 0. The molecule has 0 saturated carbocycles. The number of hydrogen-bond donors (Lipinski definition) is 1. The van der Waals surface area contributed by atoms with Crippen molar-refractivity contribution in [1.29, 1.82) is 0 Å². The van der Waals surface area contributed by atoms with Gasteiger partial charge in [0, 0.05) is 6.07 Å². The molecule has 0 bridgehead atoms. The average molecular weight is 386 g/mol. The molecular formula is C16H16ClNO6S. The fourth-order valence-electron chi connectivity index (χ4n) is 2.02. The largest absolute Gasteiger partial charge is 0.497 e. The van der Waals surface area contributed by atoms with Crippen LogP contribution in [0, 0.1) is 0 Å². The van der Waals surface area contributed by atoms with Crippen LogP contribution in [-0.2, 0) is 14.8 Å². The van der Waals surface area contributed by atoms with Gasteiger partial charge in [-0.05, 0) is 30.3 Å². The van der Waals surface area contributed by atoms with E-state index >= 15 is 0 Å². The Hall–Kier alpha value is -2.45. The third-order valence-electron chi connectivity index (χ3n) is 3.31. The molecule has 0 atom stereocenters. The van der Waals surface area contributed by atoms with E-state index in [0.717, 1.165) is 6.07 Å². The van der Waals surface area contributed by atoms with Gasteiger partial charge in [0.05, 0.1) is 42.5 Å². The van der Waals surface area contributed by atoms with Crippen molar-refractivity contribution < 1.29 is 27.4 Å². The SMILES string of the molecule is COC(=O)c1cc(S(=O)(=O)Nc2ccc(OC)cc2OC)ccc1Cl. The standard InChI is InChI=1S/C16H16ClNO6S/c1-22-10-4-7-14(15(8-10)23-2)18-25(20,21)11-5-6-13(17)12(9-11)16(19)24-3/h4-9,18H,1-3H3. The number of nitrogens with one attached hydrogen (secondary N) is 1. The van der Waals surface area contributed by atoms with Gasteiger partial charge in [-0.25, -0.2) is 13.2 Å². The van der Waals surface area contributed by atoms with Gasteiger partial charge in [0.15, 0.2) is 0 Å². The summed E-state index contributed by atoms with van der Waals surface area (Å²) in [4.78, 5) is 11.5. The topological polar surface area (TPSA) is 90.9 Å². The number of carbonyl (C=O) groups is 1. The Morgan fingerprint density at radius 1 is 1.04 bits per heavy atom. The number of sulfonamides is 1. The Labute approximate surface area is 150 Å². The van der Waals surface area contributed by atoms with Crippen LogP contribution in [0.3, 0.4) is 0 Å². The molecule has 0 heterocycles. The van der Waals surface area contributed by atoms with E-state index in [1.165, 1.54) is 39.5 Å². The lowest BCUT2D eigenvalue weighted by Crippen LogP contribution is -2.15. The van der Waals surface area contributed by atoms with Gasteiger partial charge in [-0.2, -0.15) is 0 Å². The van der Waals surface area contributed by atoms with Gasteiger partial charge < -0.3 is 14.2 Å². The van der Waals surface area contributed by atoms with Crippen LogP contribution in [0.4, 0.5) is 5.69 Å². The molecule has 2 aromatic carbocycles.